The first-order valence-corrected chi connectivity index (χ1v) is 9.49. The van der Waals surface area contributed by atoms with Gasteiger partial charge in [-0.05, 0) is 30.3 Å². The van der Waals surface area contributed by atoms with E-state index in [1.54, 1.807) is 25.3 Å². The standard InChI is InChI=1S/C18H18ClN5O3S/c1-26-13-5-3-4-11(8-13)17-22-23-18(24(17)20)28-10-16(25)21-12-6-7-15(27-2)14(19)9-12/h3-9H,10,20H2,1-2H3,(H,21,25). The molecule has 1 heterocycles. The predicted molar refractivity (Wildman–Crippen MR) is 110 cm³/mol. The Bertz CT molecular complexity index is 995. The van der Waals surface area contributed by atoms with E-state index < -0.39 is 0 Å². The molecule has 0 saturated carbocycles. The number of anilines is 1. The lowest BCUT2D eigenvalue weighted by atomic mass is 10.2. The van der Waals surface area contributed by atoms with E-state index in [4.69, 9.17) is 26.9 Å². The van der Waals surface area contributed by atoms with Gasteiger partial charge in [-0.2, -0.15) is 0 Å². The number of hydrogen-bond acceptors (Lipinski definition) is 7. The van der Waals surface area contributed by atoms with Crippen LogP contribution in [0.2, 0.25) is 5.02 Å². The van der Waals surface area contributed by atoms with Crippen molar-refractivity contribution in [3.63, 3.8) is 0 Å². The number of nitrogens with zero attached hydrogens (tertiary/aromatic N) is 3. The number of rotatable bonds is 7. The van der Waals surface area contributed by atoms with Crippen LogP contribution in [0.25, 0.3) is 11.4 Å². The number of amides is 1. The van der Waals surface area contributed by atoms with Crippen LogP contribution in [-0.4, -0.2) is 40.8 Å². The molecule has 0 unspecified atom stereocenters. The van der Waals surface area contributed by atoms with Crippen LogP contribution in [0.5, 0.6) is 11.5 Å². The van der Waals surface area contributed by atoms with Crippen LogP contribution >= 0.6 is 23.4 Å². The van der Waals surface area contributed by atoms with E-state index in [-0.39, 0.29) is 11.7 Å². The van der Waals surface area contributed by atoms with Crippen molar-refractivity contribution < 1.29 is 14.3 Å². The predicted octanol–water partition coefficient (Wildman–Crippen LogP) is 3.06. The van der Waals surface area contributed by atoms with E-state index >= 15 is 0 Å². The number of aromatic nitrogens is 3. The Morgan fingerprint density at radius 3 is 2.75 bits per heavy atom. The fraction of sp³-hybridized carbons (Fsp3) is 0.167. The number of carbonyl (C=O) groups excluding carboxylic acids is 1. The molecular weight excluding hydrogens is 402 g/mol. The van der Waals surface area contributed by atoms with E-state index in [1.165, 1.54) is 23.5 Å². The van der Waals surface area contributed by atoms with Gasteiger partial charge in [0.25, 0.3) is 0 Å². The normalized spacial score (nSPS) is 10.5. The molecule has 8 nitrogen and oxygen atoms in total. The summed E-state index contributed by atoms with van der Waals surface area (Å²) in [6.45, 7) is 0. The molecule has 3 N–H and O–H groups in total. The molecule has 0 aliphatic rings. The molecule has 0 aliphatic heterocycles. The molecule has 0 spiro atoms. The van der Waals surface area contributed by atoms with Crippen molar-refractivity contribution in [2.24, 2.45) is 0 Å². The van der Waals surface area contributed by atoms with Crippen molar-refractivity contribution in [2.75, 3.05) is 31.1 Å². The van der Waals surface area contributed by atoms with Crippen molar-refractivity contribution in [1.82, 2.24) is 14.9 Å². The van der Waals surface area contributed by atoms with Gasteiger partial charge in [0.05, 0.1) is 25.0 Å². The topological polar surface area (TPSA) is 104 Å². The van der Waals surface area contributed by atoms with Crippen LogP contribution < -0.4 is 20.6 Å². The van der Waals surface area contributed by atoms with Crippen molar-refractivity contribution in [3.05, 3.63) is 47.5 Å². The minimum absolute atomic E-state index is 0.108. The number of carbonyl (C=O) groups is 1. The molecule has 0 aliphatic carbocycles. The maximum Gasteiger partial charge on any atom is 0.234 e. The summed E-state index contributed by atoms with van der Waals surface area (Å²) in [6.07, 6.45) is 0. The number of hydrogen-bond donors (Lipinski definition) is 2. The summed E-state index contributed by atoms with van der Waals surface area (Å²) in [7, 11) is 3.11. The summed E-state index contributed by atoms with van der Waals surface area (Å²) < 4.78 is 11.6. The smallest absolute Gasteiger partial charge is 0.234 e. The number of nitrogens with two attached hydrogens (primary N) is 1. The first kappa shape index (κ1) is 19.8. The molecule has 1 amide bonds. The Kier molecular flexibility index (Phi) is 6.27. The lowest BCUT2D eigenvalue weighted by Crippen LogP contribution is -2.16. The molecule has 10 heteroatoms. The Morgan fingerprint density at radius 1 is 1.21 bits per heavy atom. The third-order valence-electron chi connectivity index (χ3n) is 3.76. The zero-order chi connectivity index (χ0) is 20.1. The summed E-state index contributed by atoms with van der Waals surface area (Å²) in [6, 6.07) is 12.3. The zero-order valence-electron chi connectivity index (χ0n) is 15.2. The molecular formula is C18H18ClN5O3S. The molecule has 3 rings (SSSR count). The number of nitrogens with one attached hydrogen (secondary N) is 1. The van der Waals surface area contributed by atoms with Crippen LogP contribution in [0, 0.1) is 0 Å². The van der Waals surface area contributed by atoms with Gasteiger partial charge in [0.2, 0.25) is 11.1 Å². The van der Waals surface area contributed by atoms with E-state index in [0.717, 1.165) is 5.56 Å². The number of ether oxygens (including phenoxy) is 2. The first-order valence-electron chi connectivity index (χ1n) is 8.13. The average molecular weight is 420 g/mol. The van der Waals surface area contributed by atoms with Gasteiger partial charge in [0, 0.05) is 11.3 Å². The van der Waals surface area contributed by atoms with Gasteiger partial charge >= 0.3 is 0 Å². The molecule has 0 fully saturated rings. The minimum Gasteiger partial charge on any atom is -0.497 e. The second kappa shape index (κ2) is 8.85. The highest BCUT2D eigenvalue weighted by atomic mass is 35.5. The fourth-order valence-electron chi connectivity index (χ4n) is 2.41. The van der Waals surface area contributed by atoms with E-state index in [1.807, 2.05) is 24.3 Å². The molecule has 0 atom stereocenters. The minimum atomic E-state index is -0.225. The zero-order valence-corrected chi connectivity index (χ0v) is 16.8. The van der Waals surface area contributed by atoms with Gasteiger partial charge in [-0.3, -0.25) is 4.79 Å². The highest BCUT2D eigenvalue weighted by Crippen LogP contribution is 2.28. The van der Waals surface area contributed by atoms with E-state index in [9.17, 15) is 4.79 Å². The molecule has 2 aromatic carbocycles. The van der Waals surface area contributed by atoms with Gasteiger partial charge in [0.15, 0.2) is 5.82 Å². The maximum atomic E-state index is 12.2. The molecule has 1 aromatic heterocycles. The van der Waals surface area contributed by atoms with Gasteiger partial charge in [-0.15, -0.1) is 10.2 Å². The third-order valence-corrected chi connectivity index (χ3v) is 5.00. The number of nitrogen functional groups attached to an aromatic ring is 1. The fourth-order valence-corrected chi connectivity index (χ4v) is 3.32. The number of methoxy groups -OCH3 is 2. The molecule has 28 heavy (non-hydrogen) atoms. The maximum absolute atomic E-state index is 12.2. The lowest BCUT2D eigenvalue weighted by Gasteiger charge is -2.08. The quantitative estimate of drug-likeness (QED) is 0.448. The summed E-state index contributed by atoms with van der Waals surface area (Å²) in [5.41, 5.74) is 1.33. The Balaban J connectivity index is 1.64. The van der Waals surface area contributed by atoms with Crippen LogP contribution in [0.15, 0.2) is 47.6 Å². The van der Waals surface area contributed by atoms with Gasteiger partial charge in [-0.1, -0.05) is 35.5 Å². The number of benzene rings is 2. The molecule has 146 valence electrons. The summed E-state index contributed by atoms with van der Waals surface area (Å²) in [4.78, 5) is 12.2. The van der Waals surface area contributed by atoms with E-state index in [2.05, 4.69) is 15.5 Å². The largest absolute Gasteiger partial charge is 0.497 e. The highest BCUT2D eigenvalue weighted by Gasteiger charge is 2.14. The van der Waals surface area contributed by atoms with Gasteiger partial charge in [0.1, 0.15) is 11.5 Å². The Hall–Kier alpha value is -2.91. The SMILES string of the molecule is COc1cccc(-c2nnc(SCC(=O)Nc3ccc(OC)c(Cl)c3)n2N)c1. The van der Waals surface area contributed by atoms with Crippen molar-refractivity contribution >= 4 is 35.0 Å². The summed E-state index contributed by atoms with van der Waals surface area (Å²) in [5, 5.41) is 11.8. The number of halogens is 1. The molecule has 0 bridgehead atoms. The second-order valence-electron chi connectivity index (χ2n) is 5.59. The third kappa shape index (κ3) is 4.49. The van der Waals surface area contributed by atoms with Crippen molar-refractivity contribution in [2.45, 2.75) is 5.16 Å². The van der Waals surface area contributed by atoms with Gasteiger partial charge < -0.3 is 20.6 Å². The monoisotopic (exact) mass is 419 g/mol. The number of thioether (sulfide) groups is 1. The van der Waals surface area contributed by atoms with E-state index in [0.29, 0.717) is 33.2 Å². The Labute approximate surface area is 171 Å². The van der Waals surface area contributed by atoms with Gasteiger partial charge in [-0.25, -0.2) is 4.68 Å². The van der Waals surface area contributed by atoms with Crippen molar-refractivity contribution in [1.29, 1.82) is 0 Å². The molecule has 0 radical (unpaired) electrons. The van der Waals surface area contributed by atoms with Crippen LogP contribution in [-0.2, 0) is 4.79 Å². The first-order chi connectivity index (χ1) is 13.5. The van der Waals surface area contributed by atoms with Crippen LogP contribution in [0.1, 0.15) is 0 Å². The molecule has 0 saturated heterocycles. The second-order valence-corrected chi connectivity index (χ2v) is 6.94. The molecule has 3 aromatic rings. The Morgan fingerprint density at radius 2 is 2.04 bits per heavy atom. The van der Waals surface area contributed by atoms with Crippen molar-refractivity contribution in [3.8, 4) is 22.9 Å². The van der Waals surface area contributed by atoms with Crippen LogP contribution in [0.3, 0.4) is 0 Å². The summed E-state index contributed by atoms with van der Waals surface area (Å²) >= 11 is 7.24. The highest BCUT2D eigenvalue weighted by molar-refractivity contribution is 7.99. The summed E-state index contributed by atoms with van der Waals surface area (Å²) in [5.74, 6) is 7.67. The lowest BCUT2D eigenvalue weighted by molar-refractivity contribution is -0.113. The average Bonchev–Trinajstić information content (AvgIpc) is 3.07. The van der Waals surface area contributed by atoms with Crippen LogP contribution in [0.4, 0.5) is 5.69 Å².